The van der Waals surface area contributed by atoms with E-state index in [1.165, 1.54) is 5.56 Å². The van der Waals surface area contributed by atoms with E-state index in [-0.39, 0.29) is 30.4 Å². The molecule has 0 unspecified atom stereocenters. The molecule has 1 aliphatic rings. The maximum absolute atomic E-state index is 5.86. The number of piperazine rings is 1. The number of hydrogen-bond donors (Lipinski definition) is 1. The third-order valence-corrected chi connectivity index (χ3v) is 3.49. The second-order valence-corrected chi connectivity index (χ2v) is 6.25. The van der Waals surface area contributed by atoms with Gasteiger partial charge in [-0.15, -0.1) is 24.8 Å². The Bertz CT molecular complexity index is 398. The molecule has 0 bridgehead atoms. The van der Waals surface area contributed by atoms with Crippen molar-refractivity contribution in [3.8, 4) is 5.75 Å². The van der Waals surface area contributed by atoms with Gasteiger partial charge in [-0.3, -0.25) is 4.90 Å². The second kappa shape index (κ2) is 8.84. The zero-order valence-electron chi connectivity index (χ0n) is 13.4. The maximum Gasteiger partial charge on any atom is 0.120 e. The molecule has 1 aromatic carbocycles. The van der Waals surface area contributed by atoms with Crippen LogP contribution in [0.1, 0.15) is 39.3 Å². The number of benzene rings is 1. The topological polar surface area (TPSA) is 24.5 Å². The minimum atomic E-state index is -0.133. The molecule has 122 valence electrons. The lowest BCUT2D eigenvalue weighted by atomic mass is 10.1. The highest BCUT2D eigenvalue weighted by Crippen LogP contribution is 2.24. The van der Waals surface area contributed by atoms with Crippen molar-refractivity contribution in [1.29, 1.82) is 0 Å². The summed E-state index contributed by atoms with van der Waals surface area (Å²) in [5, 5.41) is 3.39. The molecular formula is C16H28Cl2N2O. The second-order valence-electron chi connectivity index (χ2n) is 6.25. The average molecular weight is 335 g/mol. The van der Waals surface area contributed by atoms with Crippen LogP contribution in [0.2, 0.25) is 0 Å². The zero-order valence-corrected chi connectivity index (χ0v) is 15.0. The van der Waals surface area contributed by atoms with Gasteiger partial charge in [0.15, 0.2) is 0 Å². The van der Waals surface area contributed by atoms with E-state index >= 15 is 0 Å². The molecule has 5 heteroatoms. The fourth-order valence-electron chi connectivity index (χ4n) is 2.45. The SMILES string of the molecule is C[C@H](c1ccc(OC(C)(C)C)cc1)N1CCNCC1.Cl.Cl. The normalized spacial score (nSPS) is 17.3. The third kappa shape index (κ3) is 6.43. The minimum absolute atomic E-state index is 0. The van der Waals surface area contributed by atoms with Crippen LogP contribution in [0.25, 0.3) is 0 Å². The summed E-state index contributed by atoms with van der Waals surface area (Å²) in [6.45, 7) is 12.9. The molecule has 1 aromatic rings. The molecule has 0 spiro atoms. The molecule has 21 heavy (non-hydrogen) atoms. The summed E-state index contributed by atoms with van der Waals surface area (Å²) < 4.78 is 5.86. The van der Waals surface area contributed by atoms with Crippen LogP contribution in [0.5, 0.6) is 5.75 Å². The van der Waals surface area contributed by atoms with Crippen molar-refractivity contribution in [3.63, 3.8) is 0 Å². The smallest absolute Gasteiger partial charge is 0.120 e. The predicted octanol–water partition coefficient (Wildman–Crippen LogP) is 3.67. The summed E-state index contributed by atoms with van der Waals surface area (Å²) in [4.78, 5) is 2.52. The standard InChI is InChI=1S/C16H26N2O.2ClH/c1-13(18-11-9-17-10-12-18)14-5-7-15(8-6-14)19-16(2,3)4;;/h5-8,13,17H,9-12H2,1-4H3;2*1H/t13-;;/m1../s1. The van der Waals surface area contributed by atoms with Crippen LogP contribution in [-0.4, -0.2) is 36.7 Å². The molecule has 0 aromatic heterocycles. The van der Waals surface area contributed by atoms with E-state index in [1.54, 1.807) is 0 Å². The highest BCUT2D eigenvalue weighted by molar-refractivity contribution is 5.85. The number of nitrogens with one attached hydrogen (secondary N) is 1. The predicted molar refractivity (Wildman–Crippen MR) is 94.2 cm³/mol. The lowest BCUT2D eigenvalue weighted by Crippen LogP contribution is -2.44. The molecule has 1 aliphatic heterocycles. The Morgan fingerprint density at radius 3 is 2.05 bits per heavy atom. The van der Waals surface area contributed by atoms with Gasteiger partial charge in [-0.2, -0.15) is 0 Å². The van der Waals surface area contributed by atoms with E-state index in [0.29, 0.717) is 6.04 Å². The van der Waals surface area contributed by atoms with E-state index in [1.807, 2.05) is 0 Å². The molecule has 1 fully saturated rings. The van der Waals surface area contributed by atoms with E-state index < -0.39 is 0 Å². The monoisotopic (exact) mass is 334 g/mol. The summed E-state index contributed by atoms with van der Waals surface area (Å²) in [6.07, 6.45) is 0. The van der Waals surface area contributed by atoms with Crippen molar-refractivity contribution in [2.75, 3.05) is 26.2 Å². The Labute approximate surface area is 141 Å². The quantitative estimate of drug-likeness (QED) is 0.912. The first kappa shape index (κ1) is 20.5. The van der Waals surface area contributed by atoms with Gasteiger partial charge in [0.1, 0.15) is 11.4 Å². The van der Waals surface area contributed by atoms with E-state index in [4.69, 9.17) is 4.74 Å². The van der Waals surface area contributed by atoms with Gasteiger partial charge in [0.25, 0.3) is 0 Å². The van der Waals surface area contributed by atoms with Gasteiger partial charge in [-0.25, -0.2) is 0 Å². The van der Waals surface area contributed by atoms with Gasteiger partial charge >= 0.3 is 0 Å². The summed E-state index contributed by atoms with van der Waals surface area (Å²) in [7, 11) is 0. The fraction of sp³-hybridized carbons (Fsp3) is 0.625. The van der Waals surface area contributed by atoms with E-state index in [9.17, 15) is 0 Å². The maximum atomic E-state index is 5.86. The first-order chi connectivity index (χ1) is 8.96. The van der Waals surface area contributed by atoms with Crippen molar-refractivity contribution < 1.29 is 4.74 Å². The van der Waals surface area contributed by atoms with Gasteiger partial charge < -0.3 is 10.1 Å². The average Bonchev–Trinajstić information content (AvgIpc) is 2.38. The van der Waals surface area contributed by atoms with Gasteiger partial charge in [0.2, 0.25) is 0 Å². The van der Waals surface area contributed by atoms with Crippen molar-refractivity contribution in [2.24, 2.45) is 0 Å². The summed E-state index contributed by atoms with van der Waals surface area (Å²) in [5.74, 6) is 0.948. The fourth-order valence-corrected chi connectivity index (χ4v) is 2.45. The molecule has 3 nitrogen and oxygen atoms in total. The number of nitrogens with zero attached hydrogens (tertiary/aromatic N) is 1. The lowest BCUT2D eigenvalue weighted by molar-refractivity contribution is 0.130. The van der Waals surface area contributed by atoms with Crippen molar-refractivity contribution in [1.82, 2.24) is 10.2 Å². The Hall–Kier alpha value is -0.480. The Balaban J connectivity index is 0.00000200. The van der Waals surface area contributed by atoms with Crippen LogP contribution in [-0.2, 0) is 0 Å². The van der Waals surface area contributed by atoms with Gasteiger partial charge in [0, 0.05) is 32.2 Å². The first-order valence-corrected chi connectivity index (χ1v) is 7.19. The van der Waals surface area contributed by atoms with Crippen molar-refractivity contribution >= 4 is 24.8 Å². The number of rotatable bonds is 3. The molecule has 2 rings (SSSR count). The third-order valence-electron chi connectivity index (χ3n) is 3.49. The van der Waals surface area contributed by atoms with E-state index in [2.05, 4.69) is 62.2 Å². The first-order valence-electron chi connectivity index (χ1n) is 7.19. The van der Waals surface area contributed by atoms with Gasteiger partial charge in [0.05, 0.1) is 0 Å². The van der Waals surface area contributed by atoms with Crippen LogP contribution in [0.3, 0.4) is 0 Å². The molecule has 0 amide bonds. The number of ether oxygens (including phenoxy) is 1. The number of halogens is 2. The Morgan fingerprint density at radius 2 is 1.57 bits per heavy atom. The molecule has 1 atom stereocenters. The molecule has 0 aliphatic carbocycles. The summed E-state index contributed by atoms with van der Waals surface area (Å²) in [5.41, 5.74) is 1.23. The molecule has 1 heterocycles. The molecule has 0 radical (unpaired) electrons. The largest absolute Gasteiger partial charge is 0.488 e. The molecule has 0 saturated carbocycles. The molecule has 1 N–H and O–H groups in total. The van der Waals surface area contributed by atoms with Crippen molar-refractivity contribution in [2.45, 2.75) is 39.3 Å². The zero-order chi connectivity index (χ0) is 13.9. The van der Waals surface area contributed by atoms with Crippen LogP contribution < -0.4 is 10.1 Å². The highest BCUT2D eigenvalue weighted by atomic mass is 35.5. The van der Waals surface area contributed by atoms with Crippen LogP contribution in [0, 0.1) is 0 Å². The van der Waals surface area contributed by atoms with Crippen LogP contribution in [0.15, 0.2) is 24.3 Å². The Morgan fingerprint density at radius 1 is 1.05 bits per heavy atom. The van der Waals surface area contributed by atoms with Gasteiger partial charge in [-0.05, 0) is 45.4 Å². The molecular weight excluding hydrogens is 307 g/mol. The summed E-state index contributed by atoms with van der Waals surface area (Å²) >= 11 is 0. The van der Waals surface area contributed by atoms with Crippen LogP contribution >= 0.6 is 24.8 Å². The molecule has 1 saturated heterocycles. The summed E-state index contributed by atoms with van der Waals surface area (Å²) in [6, 6.07) is 9.02. The van der Waals surface area contributed by atoms with E-state index in [0.717, 1.165) is 31.9 Å². The Kier molecular flexibility index (Phi) is 8.64. The van der Waals surface area contributed by atoms with Crippen molar-refractivity contribution in [3.05, 3.63) is 29.8 Å². The van der Waals surface area contributed by atoms with Gasteiger partial charge in [-0.1, -0.05) is 12.1 Å². The number of hydrogen-bond acceptors (Lipinski definition) is 3. The van der Waals surface area contributed by atoms with Crippen LogP contribution in [0.4, 0.5) is 0 Å². The minimum Gasteiger partial charge on any atom is -0.488 e. The highest BCUT2D eigenvalue weighted by Gasteiger charge is 2.18. The lowest BCUT2D eigenvalue weighted by Gasteiger charge is -2.33.